The first-order valence-corrected chi connectivity index (χ1v) is 7.75. The van der Waals surface area contributed by atoms with Gasteiger partial charge < -0.3 is 9.47 Å². The average molecular weight is 393 g/mol. The van der Waals surface area contributed by atoms with Gasteiger partial charge in [0.15, 0.2) is 11.5 Å². The number of halogens is 2. The molecular formula is C16H14BrFN4O2. The second kappa shape index (κ2) is 8.26. The highest BCUT2D eigenvalue weighted by Crippen LogP contribution is 2.35. The summed E-state index contributed by atoms with van der Waals surface area (Å²) in [6.07, 6.45) is 0. The molecule has 24 heavy (non-hydrogen) atoms. The molecule has 2 rings (SSSR count). The molecule has 2 aromatic rings. The Labute approximate surface area is 147 Å². The van der Waals surface area contributed by atoms with E-state index in [1.165, 1.54) is 19.2 Å². The van der Waals surface area contributed by atoms with Crippen LogP contribution in [0.5, 0.6) is 11.5 Å². The minimum absolute atomic E-state index is 0.280. The lowest BCUT2D eigenvalue weighted by Crippen LogP contribution is -1.96. The smallest absolute Gasteiger partial charge is 0.163 e. The highest BCUT2D eigenvalue weighted by Gasteiger charge is 2.11. The van der Waals surface area contributed by atoms with E-state index in [2.05, 4.69) is 31.7 Å². The first-order chi connectivity index (χ1) is 11.6. The summed E-state index contributed by atoms with van der Waals surface area (Å²) in [5.41, 5.74) is 3.63. The topological polar surface area (TPSA) is 79.0 Å². The van der Waals surface area contributed by atoms with Crippen molar-refractivity contribution in [2.45, 2.75) is 6.92 Å². The molecule has 0 aliphatic heterocycles. The zero-order chi connectivity index (χ0) is 17.5. The zero-order valence-electron chi connectivity index (χ0n) is 13.0. The molecule has 0 aromatic heterocycles. The SMILES string of the molecule is CCOc1cc(N=NNc2ccc(Br)c(F)c2)c(C#N)cc1OC. The number of anilines is 1. The van der Waals surface area contributed by atoms with Crippen molar-refractivity contribution >= 4 is 27.3 Å². The fraction of sp³-hybridized carbons (Fsp3) is 0.188. The molecule has 2 aromatic carbocycles. The van der Waals surface area contributed by atoms with Gasteiger partial charge in [-0.05, 0) is 35.0 Å². The fourth-order valence-corrected chi connectivity index (χ4v) is 2.10. The Morgan fingerprint density at radius 3 is 2.71 bits per heavy atom. The molecule has 0 fully saturated rings. The van der Waals surface area contributed by atoms with Gasteiger partial charge in [-0.3, -0.25) is 5.43 Å². The quantitative estimate of drug-likeness (QED) is 0.555. The van der Waals surface area contributed by atoms with E-state index in [1.54, 1.807) is 18.2 Å². The molecule has 0 bridgehead atoms. The largest absolute Gasteiger partial charge is 0.493 e. The van der Waals surface area contributed by atoms with E-state index in [-0.39, 0.29) is 5.56 Å². The molecule has 0 unspecified atom stereocenters. The minimum Gasteiger partial charge on any atom is -0.493 e. The number of rotatable bonds is 6. The summed E-state index contributed by atoms with van der Waals surface area (Å²) in [6.45, 7) is 2.28. The van der Waals surface area contributed by atoms with E-state index in [4.69, 9.17) is 9.47 Å². The number of hydrogen-bond donors (Lipinski definition) is 1. The van der Waals surface area contributed by atoms with E-state index in [0.29, 0.717) is 34.0 Å². The molecule has 1 N–H and O–H groups in total. The van der Waals surface area contributed by atoms with Gasteiger partial charge in [0.05, 0.1) is 29.4 Å². The molecule has 0 atom stereocenters. The number of benzene rings is 2. The van der Waals surface area contributed by atoms with Crippen LogP contribution in [0, 0.1) is 17.1 Å². The highest BCUT2D eigenvalue weighted by atomic mass is 79.9. The number of nitrogens with one attached hydrogen (secondary N) is 1. The zero-order valence-corrected chi connectivity index (χ0v) is 14.6. The normalized spacial score (nSPS) is 10.5. The maximum absolute atomic E-state index is 13.4. The highest BCUT2D eigenvalue weighted by molar-refractivity contribution is 9.10. The van der Waals surface area contributed by atoms with E-state index in [9.17, 15) is 9.65 Å². The Balaban J connectivity index is 2.25. The number of nitrogens with zero attached hydrogens (tertiary/aromatic N) is 3. The second-order valence-corrected chi connectivity index (χ2v) is 5.36. The van der Waals surface area contributed by atoms with Crippen LogP contribution in [0.4, 0.5) is 15.8 Å². The molecule has 0 amide bonds. The lowest BCUT2D eigenvalue weighted by molar-refractivity contribution is 0.311. The fourth-order valence-electron chi connectivity index (χ4n) is 1.85. The Morgan fingerprint density at radius 1 is 1.29 bits per heavy atom. The van der Waals surface area contributed by atoms with Gasteiger partial charge in [0.1, 0.15) is 17.6 Å². The van der Waals surface area contributed by atoms with Crippen LogP contribution < -0.4 is 14.9 Å². The van der Waals surface area contributed by atoms with Crippen LogP contribution in [0.2, 0.25) is 0 Å². The lowest BCUT2D eigenvalue weighted by Gasteiger charge is -2.10. The van der Waals surface area contributed by atoms with Gasteiger partial charge in [0, 0.05) is 18.2 Å². The molecule has 0 radical (unpaired) electrons. The van der Waals surface area contributed by atoms with Crippen LogP contribution >= 0.6 is 15.9 Å². The molecule has 6 nitrogen and oxygen atoms in total. The third kappa shape index (κ3) is 4.20. The lowest BCUT2D eigenvalue weighted by atomic mass is 10.2. The summed E-state index contributed by atoms with van der Waals surface area (Å²) in [5.74, 6) is 0.480. The molecule has 8 heteroatoms. The first-order valence-electron chi connectivity index (χ1n) is 6.95. The summed E-state index contributed by atoms with van der Waals surface area (Å²) in [6, 6.07) is 9.57. The van der Waals surface area contributed by atoms with E-state index in [0.717, 1.165) is 0 Å². The Bertz CT molecular complexity index is 805. The Hall–Kier alpha value is -2.66. The van der Waals surface area contributed by atoms with Crippen molar-refractivity contribution in [1.29, 1.82) is 5.26 Å². The van der Waals surface area contributed by atoms with Crippen LogP contribution in [0.25, 0.3) is 0 Å². The van der Waals surface area contributed by atoms with Crippen LogP contribution in [0.15, 0.2) is 45.1 Å². The number of ether oxygens (including phenoxy) is 2. The molecule has 124 valence electrons. The van der Waals surface area contributed by atoms with E-state index < -0.39 is 5.82 Å². The van der Waals surface area contributed by atoms with Crippen LogP contribution in [-0.4, -0.2) is 13.7 Å². The summed E-state index contributed by atoms with van der Waals surface area (Å²) in [4.78, 5) is 0. The first kappa shape index (κ1) is 17.7. The molecule has 0 aliphatic carbocycles. The van der Waals surface area contributed by atoms with Crippen molar-refractivity contribution in [3.8, 4) is 17.6 Å². The average Bonchev–Trinajstić information content (AvgIpc) is 2.58. The van der Waals surface area contributed by atoms with Crippen LogP contribution in [0.1, 0.15) is 12.5 Å². The number of nitriles is 1. The van der Waals surface area contributed by atoms with Crippen LogP contribution in [0.3, 0.4) is 0 Å². The number of methoxy groups -OCH3 is 1. The number of hydrogen-bond acceptors (Lipinski definition) is 5. The van der Waals surface area contributed by atoms with Gasteiger partial charge in [0.2, 0.25) is 0 Å². The summed E-state index contributed by atoms with van der Waals surface area (Å²) < 4.78 is 24.4. The Morgan fingerprint density at radius 2 is 2.08 bits per heavy atom. The maximum atomic E-state index is 13.4. The maximum Gasteiger partial charge on any atom is 0.163 e. The Kier molecular flexibility index (Phi) is 6.09. The predicted octanol–water partition coefficient (Wildman–Crippen LogP) is 4.98. The minimum atomic E-state index is -0.420. The third-order valence-electron chi connectivity index (χ3n) is 2.96. The van der Waals surface area contributed by atoms with Gasteiger partial charge in [-0.1, -0.05) is 5.22 Å². The second-order valence-electron chi connectivity index (χ2n) is 4.51. The standard InChI is InChI=1S/C16H14BrFN4O2/c1-3-24-16-8-14(10(9-19)6-15(16)23-2)21-22-20-11-4-5-12(17)13(18)7-11/h4-8H,3H2,1-2H3,(H,20,21). The monoisotopic (exact) mass is 392 g/mol. The van der Waals surface area contributed by atoms with Crippen molar-refractivity contribution < 1.29 is 13.9 Å². The van der Waals surface area contributed by atoms with Crippen molar-refractivity contribution in [3.05, 3.63) is 46.2 Å². The molecular weight excluding hydrogens is 379 g/mol. The van der Waals surface area contributed by atoms with Crippen molar-refractivity contribution in [2.24, 2.45) is 10.3 Å². The summed E-state index contributed by atoms with van der Waals surface area (Å²) in [5, 5.41) is 17.0. The molecule has 0 saturated heterocycles. The van der Waals surface area contributed by atoms with Gasteiger partial charge in [-0.25, -0.2) is 4.39 Å². The molecule has 0 saturated carbocycles. The third-order valence-corrected chi connectivity index (χ3v) is 3.60. The van der Waals surface area contributed by atoms with Crippen LogP contribution in [-0.2, 0) is 0 Å². The molecule has 0 aliphatic rings. The van der Waals surface area contributed by atoms with Crippen molar-refractivity contribution in [1.82, 2.24) is 0 Å². The van der Waals surface area contributed by atoms with E-state index in [1.807, 2.05) is 13.0 Å². The van der Waals surface area contributed by atoms with Gasteiger partial charge >= 0.3 is 0 Å². The summed E-state index contributed by atoms with van der Waals surface area (Å²) >= 11 is 3.07. The summed E-state index contributed by atoms with van der Waals surface area (Å²) in [7, 11) is 1.49. The van der Waals surface area contributed by atoms with Crippen molar-refractivity contribution in [2.75, 3.05) is 19.1 Å². The molecule has 0 spiro atoms. The predicted molar refractivity (Wildman–Crippen MR) is 91.1 cm³/mol. The van der Waals surface area contributed by atoms with Gasteiger partial charge in [-0.15, -0.1) is 5.11 Å². The molecule has 0 heterocycles. The van der Waals surface area contributed by atoms with Gasteiger partial charge in [0.25, 0.3) is 0 Å². The van der Waals surface area contributed by atoms with Gasteiger partial charge in [-0.2, -0.15) is 5.26 Å². The van der Waals surface area contributed by atoms with Crippen molar-refractivity contribution in [3.63, 3.8) is 0 Å². The van der Waals surface area contributed by atoms with E-state index >= 15 is 0 Å².